The number of halogens is 1. The van der Waals surface area contributed by atoms with Crippen molar-refractivity contribution >= 4 is 39.1 Å². The minimum Gasteiger partial charge on any atom is -0.492 e. The first-order valence-electron chi connectivity index (χ1n) is 13.2. The van der Waals surface area contributed by atoms with Crippen molar-refractivity contribution < 1.29 is 22.7 Å². The van der Waals surface area contributed by atoms with Gasteiger partial charge >= 0.3 is 0 Å². The van der Waals surface area contributed by atoms with Crippen LogP contribution < -0.4 is 14.4 Å². The van der Waals surface area contributed by atoms with Crippen molar-refractivity contribution in [3.8, 4) is 5.75 Å². The maximum Gasteiger partial charge on any atom is 0.264 e. The maximum atomic E-state index is 14.1. The van der Waals surface area contributed by atoms with E-state index < -0.39 is 28.5 Å². The van der Waals surface area contributed by atoms with Crippen LogP contribution in [0.3, 0.4) is 0 Å². The van der Waals surface area contributed by atoms with Crippen LogP contribution in [-0.2, 0) is 26.2 Å². The van der Waals surface area contributed by atoms with Gasteiger partial charge in [0.25, 0.3) is 10.0 Å². The minimum atomic E-state index is -4.20. The maximum absolute atomic E-state index is 14.1. The Hall–Kier alpha value is -3.56. The Bertz CT molecular complexity index is 1400. The summed E-state index contributed by atoms with van der Waals surface area (Å²) in [4.78, 5) is 28.8. The van der Waals surface area contributed by atoms with Gasteiger partial charge in [-0.1, -0.05) is 67.1 Å². The highest BCUT2D eigenvalue weighted by molar-refractivity contribution is 7.92. The number of anilines is 1. The SMILES string of the molecule is CCOc1ccccc1N(CC(=O)N(Cc1ccccc1Cl)[C@@H](CC)C(=O)NC(C)C)S(=O)(=O)c1ccccc1. The number of nitrogens with one attached hydrogen (secondary N) is 1. The number of ether oxygens (including phenoxy) is 1. The molecular weight excluding hydrogens is 550 g/mol. The van der Waals surface area contributed by atoms with Crippen molar-refractivity contribution in [3.05, 3.63) is 89.4 Å². The van der Waals surface area contributed by atoms with E-state index in [4.69, 9.17) is 16.3 Å². The third kappa shape index (κ3) is 7.55. The van der Waals surface area contributed by atoms with Crippen molar-refractivity contribution in [3.63, 3.8) is 0 Å². The van der Waals surface area contributed by atoms with E-state index in [1.54, 1.807) is 80.6 Å². The molecule has 3 aromatic rings. The second-order valence-electron chi connectivity index (χ2n) is 9.43. The van der Waals surface area contributed by atoms with Gasteiger partial charge < -0.3 is 15.0 Å². The number of hydrogen-bond donors (Lipinski definition) is 1. The Morgan fingerprint density at radius 1 is 0.925 bits per heavy atom. The van der Waals surface area contributed by atoms with Crippen LogP contribution in [0.1, 0.15) is 39.7 Å². The highest BCUT2D eigenvalue weighted by Gasteiger charge is 2.35. The monoisotopic (exact) mass is 585 g/mol. The Morgan fingerprint density at radius 3 is 2.17 bits per heavy atom. The molecule has 0 heterocycles. The van der Waals surface area contributed by atoms with E-state index in [1.165, 1.54) is 17.0 Å². The summed E-state index contributed by atoms with van der Waals surface area (Å²) in [6, 6.07) is 20.6. The van der Waals surface area contributed by atoms with Crippen LogP contribution in [-0.4, -0.2) is 50.4 Å². The number of sulfonamides is 1. The van der Waals surface area contributed by atoms with Crippen LogP contribution in [0.5, 0.6) is 5.75 Å². The van der Waals surface area contributed by atoms with Gasteiger partial charge in [-0.3, -0.25) is 13.9 Å². The van der Waals surface area contributed by atoms with E-state index in [2.05, 4.69) is 5.32 Å². The van der Waals surface area contributed by atoms with Gasteiger partial charge in [0.1, 0.15) is 18.3 Å². The second-order valence-corrected chi connectivity index (χ2v) is 11.7. The molecule has 0 aliphatic heterocycles. The normalized spacial score (nSPS) is 12.1. The minimum absolute atomic E-state index is 0.0227. The van der Waals surface area contributed by atoms with Gasteiger partial charge in [-0.15, -0.1) is 0 Å². The fourth-order valence-corrected chi connectivity index (χ4v) is 5.93. The zero-order valence-corrected chi connectivity index (χ0v) is 24.8. The van der Waals surface area contributed by atoms with Crippen molar-refractivity contribution in [1.82, 2.24) is 10.2 Å². The van der Waals surface area contributed by atoms with Gasteiger partial charge in [-0.25, -0.2) is 8.42 Å². The van der Waals surface area contributed by atoms with Crippen molar-refractivity contribution in [2.45, 2.75) is 57.6 Å². The van der Waals surface area contributed by atoms with Crippen LogP contribution in [0.4, 0.5) is 5.69 Å². The first-order valence-corrected chi connectivity index (χ1v) is 15.0. The number of rotatable bonds is 13. The van der Waals surface area contributed by atoms with E-state index in [0.717, 1.165) is 4.31 Å². The molecule has 8 nitrogen and oxygen atoms in total. The van der Waals surface area contributed by atoms with E-state index in [0.29, 0.717) is 29.4 Å². The second kappa shape index (κ2) is 14.2. The van der Waals surface area contributed by atoms with Crippen LogP contribution in [0, 0.1) is 0 Å². The van der Waals surface area contributed by atoms with Gasteiger partial charge in [0, 0.05) is 17.6 Å². The molecule has 1 atom stereocenters. The third-order valence-electron chi connectivity index (χ3n) is 6.16. The molecule has 3 aromatic carbocycles. The fourth-order valence-electron chi connectivity index (χ4n) is 4.28. The number of benzene rings is 3. The molecule has 40 heavy (non-hydrogen) atoms. The zero-order valence-electron chi connectivity index (χ0n) is 23.2. The Labute approximate surface area is 241 Å². The summed E-state index contributed by atoms with van der Waals surface area (Å²) in [5, 5.41) is 3.32. The predicted molar refractivity (Wildman–Crippen MR) is 158 cm³/mol. The largest absolute Gasteiger partial charge is 0.492 e. The van der Waals surface area contributed by atoms with Crippen LogP contribution in [0.2, 0.25) is 5.02 Å². The number of carbonyl (C=O) groups is 2. The summed E-state index contributed by atoms with van der Waals surface area (Å²) >= 11 is 6.43. The molecule has 214 valence electrons. The number of nitrogens with zero attached hydrogens (tertiary/aromatic N) is 2. The van der Waals surface area contributed by atoms with E-state index in [1.807, 2.05) is 13.8 Å². The van der Waals surface area contributed by atoms with Crippen molar-refractivity contribution in [2.24, 2.45) is 0 Å². The van der Waals surface area contributed by atoms with Gasteiger partial charge in [0.15, 0.2) is 0 Å². The third-order valence-corrected chi connectivity index (χ3v) is 8.30. The molecule has 0 saturated heterocycles. The Balaban J connectivity index is 2.11. The van der Waals surface area contributed by atoms with Crippen molar-refractivity contribution in [2.75, 3.05) is 17.5 Å². The van der Waals surface area contributed by atoms with Crippen molar-refractivity contribution in [1.29, 1.82) is 0 Å². The zero-order chi connectivity index (χ0) is 29.3. The summed E-state index contributed by atoms with van der Waals surface area (Å²) in [6.45, 7) is 7.04. The standard InChI is InChI=1S/C30H36ClN3O5S/c1-5-26(30(36)32-22(3)4)33(20-23-14-10-11-17-25(23)31)29(35)21-34(27-18-12-13-19-28(27)39-6-2)40(37,38)24-15-8-7-9-16-24/h7-19,22,26H,5-6,20-21H2,1-4H3,(H,32,36)/t26-/m0/s1. The first kappa shape index (κ1) is 31.0. The highest BCUT2D eigenvalue weighted by atomic mass is 35.5. The lowest BCUT2D eigenvalue weighted by atomic mass is 10.1. The molecule has 10 heteroatoms. The molecule has 0 radical (unpaired) electrons. The molecule has 0 saturated carbocycles. The van der Waals surface area contributed by atoms with Gasteiger partial charge in [0.05, 0.1) is 17.2 Å². The van der Waals surface area contributed by atoms with Crippen LogP contribution in [0.25, 0.3) is 0 Å². The summed E-state index contributed by atoms with van der Waals surface area (Å²) in [7, 11) is -4.20. The molecule has 1 N–H and O–H groups in total. The highest BCUT2D eigenvalue weighted by Crippen LogP contribution is 2.33. The number of carbonyl (C=O) groups excluding carboxylic acids is 2. The molecule has 0 unspecified atom stereocenters. The first-order chi connectivity index (χ1) is 19.1. The molecule has 0 aliphatic rings. The Kier molecular flexibility index (Phi) is 11.0. The van der Waals surface area contributed by atoms with E-state index >= 15 is 0 Å². The quantitative estimate of drug-likeness (QED) is 0.295. The number of amides is 2. The Morgan fingerprint density at radius 2 is 1.55 bits per heavy atom. The van der Waals surface area contributed by atoms with Crippen LogP contribution in [0.15, 0.2) is 83.8 Å². The van der Waals surface area contributed by atoms with Gasteiger partial charge in [-0.2, -0.15) is 0 Å². The number of para-hydroxylation sites is 2. The summed E-state index contributed by atoms with van der Waals surface area (Å²) < 4.78 is 34.7. The lowest BCUT2D eigenvalue weighted by molar-refractivity contribution is -0.140. The lowest BCUT2D eigenvalue weighted by Gasteiger charge is -2.34. The smallest absolute Gasteiger partial charge is 0.264 e. The molecule has 0 bridgehead atoms. The lowest BCUT2D eigenvalue weighted by Crippen LogP contribution is -2.53. The predicted octanol–water partition coefficient (Wildman–Crippen LogP) is 5.27. The summed E-state index contributed by atoms with van der Waals surface area (Å²) in [6.07, 6.45) is 0.315. The number of hydrogen-bond acceptors (Lipinski definition) is 5. The molecule has 0 spiro atoms. The van der Waals surface area contributed by atoms with E-state index in [9.17, 15) is 18.0 Å². The summed E-state index contributed by atoms with van der Waals surface area (Å²) in [5.74, 6) is -0.568. The molecule has 2 amide bonds. The average Bonchev–Trinajstić information content (AvgIpc) is 2.93. The average molecular weight is 586 g/mol. The van der Waals surface area contributed by atoms with E-state index in [-0.39, 0.29) is 29.1 Å². The molecule has 0 aliphatic carbocycles. The van der Waals surface area contributed by atoms with Gasteiger partial charge in [-0.05, 0) is 63.1 Å². The molecule has 0 aromatic heterocycles. The molecular formula is C30H36ClN3O5S. The van der Waals surface area contributed by atoms with Gasteiger partial charge in [0.2, 0.25) is 11.8 Å². The molecule has 0 fully saturated rings. The fraction of sp³-hybridized carbons (Fsp3) is 0.333. The topological polar surface area (TPSA) is 96.0 Å². The van der Waals surface area contributed by atoms with Crippen LogP contribution >= 0.6 is 11.6 Å². The molecule has 3 rings (SSSR count). The summed E-state index contributed by atoms with van der Waals surface area (Å²) in [5.41, 5.74) is 0.861.